The van der Waals surface area contributed by atoms with Crippen molar-refractivity contribution in [3.8, 4) is 11.5 Å². The van der Waals surface area contributed by atoms with Gasteiger partial charge in [-0.1, -0.05) is 48.0 Å². The molecule has 0 N–H and O–H groups in total. The second-order valence-corrected chi connectivity index (χ2v) is 7.12. The number of ketones is 2. The number of rotatable bonds is 6. The highest BCUT2D eigenvalue weighted by Crippen LogP contribution is 2.23. The maximum Gasteiger partial charge on any atom is 0.193 e. The van der Waals surface area contributed by atoms with Crippen LogP contribution in [0.1, 0.15) is 31.8 Å². The van der Waals surface area contributed by atoms with Crippen LogP contribution in [-0.2, 0) is 0 Å². The number of benzene rings is 4. The summed E-state index contributed by atoms with van der Waals surface area (Å²) in [7, 11) is 0. The van der Waals surface area contributed by atoms with Gasteiger partial charge in [-0.3, -0.25) is 9.59 Å². The Morgan fingerprint density at radius 2 is 1.03 bits per heavy atom. The molecule has 4 aromatic carbocycles. The fourth-order valence-electron chi connectivity index (χ4n) is 3.04. The molecule has 0 aliphatic rings. The van der Waals surface area contributed by atoms with Crippen LogP contribution < -0.4 is 4.74 Å². The molecule has 0 saturated carbocycles. The predicted octanol–water partition coefficient (Wildman–Crippen LogP) is 6.59. The zero-order chi connectivity index (χ0) is 20.9. The molecule has 3 nitrogen and oxygen atoms in total. The molecule has 4 rings (SSSR count). The first-order chi connectivity index (χ1) is 14.6. The molecule has 146 valence electrons. The Balaban J connectivity index is 1.52. The Bertz CT molecular complexity index is 1180. The minimum absolute atomic E-state index is 0.159. The summed E-state index contributed by atoms with van der Waals surface area (Å²) in [5, 5.41) is 0.565. The molecule has 0 unspecified atom stereocenters. The summed E-state index contributed by atoms with van der Waals surface area (Å²) < 4.78 is 5.76. The average molecular weight is 413 g/mol. The van der Waals surface area contributed by atoms with Gasteiger partial charge in [0.2, 0.25) is 0 Å². The lowest BCUT2D eigenvalue weighted by molar-refractivity contribution is 0.103. The maximum atomic E-state index is 12.9. The van der Waals surface area contributed by atoms with E-state index in [1.54, 1.807) is 72.8 Å². The molecular formula is C26H17ClO3. The number of para-hydroxylation sites is 1. The van der Waals surface area contributed by atoms with Gasteiger partial charge in [0, 0.05) is 27.3 Å². The third-order valence-electron chi connectivity index (χ3n) is 4.59. The van der Waals surface area contributed by atoms with Gasteiger partial charge in [-0.05, 0) is 66.7 Å². The lowest BCUT2D eigenvalue weighted by Crippen LogP contribution is -2.05. The summed E-state index contributed by atoms with van der Waals surface area (Å²) in [5.41, 5.74) is 1.94. The van der Waals surface area contributed by atoms with Gasteiger partial charge in [-0.2, -0.15) is 0 Å². The number of hydrogen-bond acceptors (Lipinski definition) is 3. The topological polar surface area (TPSA) is 43.4 Å². The molecule has 0 aliphatic carbocycles. The van der Waals surface area contributed by atoms with Gasteiger partial charge in [0.1, 0.15) is 11.5 Å². The molecule has 0 spiro atoms. The van der Waals surface area contributed by atoms with E-state index in [-0.39, 0.29) is 11.6 Å². The molecule has 0 heterocycles. The van der Waals surface area contributed by atoms with Crippen LogP contribution >= 0.6 is 11.6 Å². The summed E-state index contributed by atoms with van der Waals surface area (Å²) >= 11 is 5.89. The van der Waals surface area contributed by atoms with Crippen molar-refractivity contribution in [3.05, 3.63) is 130 Å². The normalized spacial score (nSPS) is 10.4. The van der Waals surface area contributed by atoms with Crippen LogP contribution in [0.3, 0.4) is 0 Å². The van der Waals surface area contributed by atoms with Crippen molar-refractivity contribution in [2.45, 2.75) is 0 Å². The van der Waals surface area contributed by atoms with Crippen LogP contribution in [0, 0.1) is 0 Å². The van der Waals surface area contributed by atoms with Crippen molar-refractivity contribution in [2.75, 3.05) is 0 Å². The van der Waals surface area contributed by atoms with Gasteiger partial charge in [-0.25, -0.2) is 0 Å². The average Bonchev–Trinajstić information content (AvgIpc) is 2.80. The van der Waals surface area contributed by atoms with Crippen molar-refractivity contribution < 1.29 is 14.3 Å². The zero-order valence-electron chi connectivity index (χ0n) is 15.9. The van der Waals surface area contributed by atoms with E-state index in [1.165, 1.54) is 0 Å². The van der Waals surface area contributed by atoms with E-state index in [1.807, 2.05) is 30.3 Å². The molecule has 0 aliphatic heterocycles. The minimum atomic E-state index is -0.160. The van der Waals surface area contributed by atoms with Gasteiger partial charge in [0.25, 0.3) is 0 Å². The molecule has 0 amide bonds. The second kappa shape index (κ2) is 8.76. The molecule has 0 radical (unpaired) electrons. The molecular weight excluding hydrogens is 396 g/mol. The third-order valence-corrected chi connectivity index (χ3v) is 4.84. The van der Waals surface area contributed by atoms with Crippen LogP contribution in [0.4, 0.5) is 0 Å². The Labute approximate surface area is 179 Å². The highest BCUT2D eigenvalue weighted by Gasteiger charge is 2.14. The summed E-state index contributed by atoms with van der Waals surface area (Å²) in [6.07, 6.45) is 0. The van der Waals surface area contributed by atoms with Crippen molar-refractivity contribution >= 4 is 23.2 Å². The molecule has 0 atom stereocenters. The highest BCUT2D eigenvalue weighted by atomic mass is 35.5. The minimum Gasteiger partial charge on any atom is -0.457 e. The first-order valence-electron chi connectivity index (χ1n) is 9.38. The second-order valence-electron chi connectivity index (χ2n) is 6.69. The van der Waals surface area contributed by atoms with Crippen LogP contribution in [0.15, 0.2) is 103 Å². The lowest BCUT2D eigenvalue weighted by atomic mass is 9.97. The van der Waals surface area contributed by atoms with Crippen molar-refractivity contribution in [1.82, 2.24) is 0 Å². The Morgan fingerprint density at radius 3 is 1.60 bits per heavy atom. The Hall–Kier alpha value is -3.69. The van der Waals surface area contributed by atoms with E-state index in [2.05, 4.69) is 0 Å². The molecule has 0 saturated heterocycles. The quantitative estimate of drug-likeness (QED) is 0.335. The van der Waals surface area contributed by atoms with Crippen LogP contribution in [0.5, 0.6) is 11.5 Å². The molecule has 0 fully saturated rings. The van der Waals surface area contributed by atoms with Gasteiger partial charge >= 0.3 is 0 Å². The fraction of sp³-hybridized carbons (Fsp3) is 0. The summed E-state index contributed by atoms with van der Waals surface area (Å²) in [5.74, 6) is 1.05. The van der Waals surface area contributed by atoms with Gasteiger partial charge in [0.15, 0.2) is 11.6 Å². The Kier molecular flexibility index (Phi) is 5.73. The Morgan fingerprint density at radius 1 is 0.533 bits per heavy atom. The zero-order valence-corrected chi connectivity index (χ0v) is 16.7. The number of ether oxygens (including phenoxy) is 1. The van der Waals surface area contributed by atoms with Gasteiger partial charge < -0.3 is 4.74 Å². The lowest BCUT2D eigenvalue weighted by Gasteiger charge is -2.07. The summed E-state index contributed by atoms with van der Waals surface area (Å²) in [6, 6.07) is 29.8. The van der Waals surface area contributed by atoms with Crippen molar-refractivity contribution in [1.29, 1.82) is 0 Å². The van der Waals surface area contributed by atoms with Crippen molar-refractivity contribution in [3.63, 3.8) is 0 Å². The van der Waals surface area contributed by atoms with Crippen LogP contribution in [0.2, 0.25) is 5.02 Å². The SMILES string of the molecule is O=C(c1ccc(Cl)cc1)c1cccc(C(=O)c2ccc(Oc3ccccc3)cc2)c1. The highest BCUT2D eigenvalue weighted by molar-refractivity contribution is 6.30. The standard InChI is InChI=1S/C26H17ClO3/c27-22-13-9-18(10-14-22)25(28)20-5-4-6-21(17-20)26(29)19-11-15-24(16-12-19)30-23-7-2-1-3-8-23/h1-17H. The molecule has 4 heteroatoms. The summed E-state index contributed by atoms with van der Waals surface area (Å²) in [4.78, 5) is 25.6. The van der Waals surface area contributed by atoms with E-state index in [4.69, 9.17) is 16.3 Å². The van der Waals surface area contributed by atoms with E-state index in [0.29, 0.717) is 33.0 Å². The smallest absolute Gasteiger partial charge is 0.193 e. The number of halogens is 1. The molecule has 4 aromatic rings. The summed E-state index contributed by atoms with van der Waals surface area (Å²) in [6.45, 7) is 0. The van der Waals surface area contributed by atoms with E-state index < -0.39 is 0 Å². The monoisotopic (exact) mass is 412 g/mol. The van der Waals surface area contributed by atoms with Gasteiger partial charge in [-0.15, -0.1) is 0 Å². The van der Waals surface area contributed by atoms with E-state index >= 15 is 0 Å². The van der Waals surface area contributed by atoms with E-state index in [9.17, 15) is 9.59 Å². The third kappa shape index (κ3) is 4.48. The van der Waals surface area contributed by atoms with Crippen LogP contribution in [0.25, 0.3) is 0 Å². The molecule has 0 aromatic heterocycles. The van der Waals surface area contributed by atoms with Crippen molar-refractivity contribution in [2.24, 2.45) is 0 Å². The number of hydrogen-bond donors (Lipinski definition) is 0. The number of carbonyl (C=O) groups excluding carboxylic acids is 2. The largest absolute Gasteiger partial charge is 0.457 e. The fourth-order valence-corrected chi connectivity index (χ4v) is 3.16. The van der Waals surface area contributed by atoms with Crippen LogP contribution in [-0.4, -0.2) is 11.6 Å². The maximum absolute atomic E-state index is 12.9. The van der Waals surface area contributed by atoms with E-state index in [0.717, 1.165) is 5.75 Å². The first-order valence-corrected chi connectivity index (χ1v) is 9.76. The molecule has 0 bridgehead atoms. The first kappa shape index (κ1) is 19.6. The molecule has 30 heavy (non-hydrogen) atoms. The number of carbonyl (C=O) groups is 2. The predicted molar refractivity (Wildman–Crippen MR) is 118 cm³/mol. The van der Waals surface area contributed by atoms with Gasteiger partial charge in [0.05, 0.1) is 0 Å².